The smallest absolute Gasteiger partial charge is 0.0625 e. The maximum atomic E-state index is 4.78. The monoisotopic (exact) mass is 263 g/mol. The molecular weight excluding hydrogens is 234 g/mol. The van der Waals surface area contributed by atoms with Gasteiger partial charge in [-0.1, -0.05) is 33.1 Å². The summed E-state index contributed by atoms with van der Waals surface area (Å²) in [5.41, 5.74) is 1.28. The van der Waals surface area contributed by atoms with Gasteiger partial charge in [-0.2, -0.15) is 5.10 Å². The quantitative estimate of drug-likeness (QED) is 0.748. The van der Waals surface area contributed by atoms with Crippen LogP contribution in [0.1, 0.15) is 64.1 Å². The van der Waals surface area contributed by atoms with E-state index in [1.807, 2.05) is 0 Å². The second kappa shape index (κ2) is 7.68. The lowest BCUT2D eigenvalue weighted by Gasteiger charge is -2.21. The van der Waals surface area contributed by atoms with E-state index in [2.05, 4.69) is 35.7 Å². The molecule has 108 valence electrons. The average molecular weight is 263 g/mol. The summed E-state index contributed by atoms with van der Waals surface area (Å²) in [6, 6.07) is 2.89. The number of nitrogens with zero attached hydrogens (tertiary/aromatic N) is 3. The van der Waals surface area contributed by atoms with E-state index in [0.29, 0.717) is 6.04 Å². The first-order chi connectivity index (χ1) is 9.33. The van der Waals surface area contributed by atoms with Gasteiger partial charge < -0.3 is 4.90 Å². The molecule has 0 amide bonds. The molecule has 0 atom stereocenters. The van der Waals surface area contributed by atoms with Crippen molar-refractivity contribution in [3.63, 3.8) is 0 Å². The number of aromatic nitrogens is 2. The first-order valence-electron chi connectivity index (χ1n) is 8.09. The summed E-state index contributed by atoms with van der Waals surface area (Å²) >= 11 is 0. The van der Waals surface area contributed by atoms with Crippen LogP contribution in [0, 0.1) is 0 Å². The fraction of sp³-hybridized carbons (Fsp3) is 0.812. The predicted octanol–water partition coefficient (Wildman–Crippen LogP) is 3.66. The van der Waals surface area contributed by atoms with Crippen molar-refractivity contribution in [3.8, 4) is 0 Å². The summed E-state index contributed by atoms with van der Waals surface area (Å²) in [6.07, 6.45) is 11.3. The van der Waals surface area contributed by atoms with Crippen molar-refractivity contribution in [2.45, 2.75) is 64.8 Å². The first kappa shape index (κ1) is 14.6. The third-order valence-corrected chi connectivity index (χ3v) is 4.41. The largest absolute Gasteiger partial charge is 0.304 e. The van der Waals surface area contributed by atoms with Gasteiger partial charge in [-0.15, -0.1) is 0 Å². The molecule has 3 nitrogen and oxygen atoms in total. The van der Waals surface area contributed by atoms with E-state index >= 15 is 0 Å². The van der Waals surface area contributed by atoms with E-state index in [1.165, 1.54) is 50.8 Å². The molecule has 1 aromatic rings. The Hall–Kier alpha value is -0.830. The Morgan fingerprint density at radius 2 is 1.95 bits per heavy atom. The van der Waals surface area contributed by atoms with Crippen LogP contribution in [0.4, 0.5) is 0 Å². The highest BCUT2D eigenvalue weighted by atomic mass is 15.3. The molecule has 0 spiro atoms. The van der Waals surface area contributed by atoms with Crippen molar-refractivity contribution in [2.24, 2.45) is 0 Å². The maximum absolute atomic E-state index is 4.78. The molecule has 0 unspecified atom stereocenters. The van der Waals surface area contributed by atoms with Gasteiger partial charge in [0.05, 0.1) is 11.7 Å². The van der Waals surface area contributed by atoms with Gasteiger partial charge in [-0.25, -0.2) is 0 Å². The van der Waals surface area contributed by atoms with Crippen molar-refractivity contribution < 1.29 is 0 Å². The molecule has 1 aliphatic rings. The standard InChI is InChI=1S/C16H29N3/c1-3-18(4-2)13-8-9-15-12-14-19(17-15)16-10-6-5-7-11-16/h12,14,16H,3-11,13H2,1-2H3. The summed E-state index contributed by atoms with van der Waals surface area (Å²) in [5.74, 6) is 0. The number of hydrogen-bond donors (Lipinski definition) is 0. The van der Waals surface area contributed by atoms with Crippen LogP contribution in [-0.2, 0) is 6.42 Å². The zero-order valence-corrected chi connectivity index (χ0v) is 12.6. The van der Waals surface area contributed by atoms with E-state index in [0.717, 1.165) is 19.5 Å². The predicted molar refractivity (Wildman–Crippen MR) is 80.5 cm³/mol. The average Bonchev–Trinajstić information content (AvgIpc) is 2.93. The molecule has 19 heavy (non-hydrogen) atoms. The van der Waals surface area contributed by atoms with Crippen molar-refractivity contribution in [1.29, 1.82) is 0 Å². The van der Waals surface area contributed by atoms with Gasteiger partial charge in [-0.05, 0) is 51.4 Å². The fourth-order valence-electron chi connectivity index (χ4n) is 3.08. The minimum atomic E-state index is 0.672. The molecular formula is C16H29N3. The van der Waals surface area contributed by atoms with Crippen LogP contribution in [-0.4, -0.2) is 34.3 Å². The van der Waals surface area contributed by atoms with Crippen molar-refractivity contribution in [2.75, 3.05) is 19.6 Å². The summed E-state index contributed by atoms with van der Waals surface area (Å²) in [4.78, 5) is 2.48. The minimum Gasteiger partial charge on any atom is -0.304 e. The van der Waals surface area contributed by atoms with Crippen LogP contribution in [0.15, 0.2) is 12.3 Å². The zero-order chi connectivity index (χ0) is 13.5. The Morgan fingerprint density at radius 1 is 1.21 bits per heavy atom. The molecule has 1 heterocycles. The number of hydrogen-bond acceptors (Lipinski definition) is 2. The lowest BCUT2D eigenvalue weighted by Crippen LogP contribution is -2.24. The van der Waals surface area contributed by atoms with Gasteiger partial charge in [0.2, 0.25) is 0 Å². The second-order valence-electron chi connectivity index (χ2n) is 5.71. The van der Waals surface area contributed by atoms with Crippen molar-refractivity contribution in [1.82, 2.24) is 14.7 Å². The third-order valence-electron chi connectivity index (χ3n) is 4.41. The SMILES string of the molecule is CCN(CC)CCCc1ccn(C2CCCCC2)n1. The topological polar surface area (TPSA) is 21.1 Å². The Morgan fingerprint density at radius 3 is 2.63 bits per heavy atom. The molecule has 0 aromatic carbocycles. The van der Waals surface area contributed by atoms with E-state index in [1.54, 1.807) is 0 Å². The van der Waals surface area contributed by atoms with Crippen LogP contribution in [0.2, 0.25) is 0 Å². The Kier molecular flexibility index (Phi) is 5.90. The molecule has 0 aliphatic heterocycles. The molecule has 0 saturated heterocycles. The zero-order valence-electron chi connectivity index (χ0n) is 12.6. The second-order valence-corrected chi connectivity index (χ2v) is 5.71. The van der Waals surface area contributed by atoms with Crippen molar-refractivity contribution in [3.05, 3.63) is 18.0 Å². The van der Waals surface area contributed by atoms with Crippen LogP contribution >= 0.6 is 0 Å². The Balaban J connectivity index is 1.77. The molecule has 0 bridgehead atoms. The lowest BCUT2D eigenvalue weighted by atomic mass is 9.96. The highest BCUT2D eigenvalue weighted by Crippen LogP contribution is 2.27. The number of aryl methyl sites for hydroxylation is 1. The normalized spacial score (nSPS) is 17.2. The van der Waals surface area contributed by atoms with E-state index in [9.17, 15) is 0 Å². The van der Waals surface area contributed by atoms with Crippen LogP contribution in [0.25, 0.3) is 0 Å². The van der Waals surface area contributed by atoms with Gasteiger partial charge in [0.1, 0.15) is 0 Å². The summed E-state index contributed by atoms with van der Waals surface area (Å²) in [5, 5.41) is 4.78. The maximum Gasteiger partial charge on any atom is 0.0625 e. The molecule has 0 N–H and O–H groups in total. The van der Waals surface area contributed by atoms with Crippen LogP contribution in [0.3, 0.4) is 0 Å². The third kappa shape index (κ3) is 4.34. The van der Waals surface area contributed by atoms with Gasteiger partial charge >= 0.3 is 0 Å². The summed E-state index contributed by atoms with van der Waals surface area (Å²) in [7, 11) is 0. The van der Waals surface area contributed by atoms with Gasteiger partial charge in [-0.3, -0.25) is 4.68 Å². The summed E-state index contributed by atoms with van der Waals surface area (Å²) in [6.45, 7) is 7.99. The Bertz CT molecular complexity index is 349. The number of rotatable bonds is 7. The molecule has 1 aromatic heterocycles. The highest BCUT2D eigenvalue weighted by Gasteiger charge is 2.15. The van der Waals surface area contributed by atoms with E-state index in [-0.39, 0.29) is 0 Å². The van der Waals surface area contributed by atoms with Crippen LogP contribution in [0.5, 0.6) is 0 Å². The lowest BCUT2D eigenvalue weighted by molar-refractivity contribution is 0.298. The van der Waals surface area contributed by atoms with E-state index < -0.39 is 0 Å². The van der Waals surface area contributed by atoms with Crippen LogP contribution < -0.4 is 0 Å². The molecule has 1 aliphatic carbocycles. The fourth-order valence-corrected chi connectivity index (χ4v) is 3.08. The molecule has 1 saturated carbocycles. The van der Waals surface area contributed by atoms with Gasteiger partial charge in [0, 0.05) is 6.20 Å². The molecule has 3 heteroatoms. The Labute approximate surface area is 118 Å². The molecule has 0 radical (unpaired) electrons. The van der Waals surface area contributed by atoms with Gasteiger partial charge in [0.15, 0.2) is 0 Å². The van der Waals surface area contributed by atoms with Crippen molar-refractivity contribution >= 4 is 0 Å². The van der Waals surface area contributed by atoms with E-state index in [4.69, 9.17) is 5.10 Å². The summed E-state index contributed by atoms with van der Waals surface area (Å²) < 4.78 is 2.23. The highest BCUT2D eigenvalue weighted by molar-refractivity contribution is 5.00. The minimum absolute atomic E-state index is 0.672. The molecule has 1 fully saturated rings. The van der Waals surface area contributed by atoms with Gasteiger partial charge in [0.25, 0.3) is 0 Å². The first-order valence-corrected chi connectivity index (χ1v) is 8.09. The molecule has 2 rings (SSSR count).